The molecule has 1 aliphatic rings. The number of carboxylic acids is 1. The number of likely N-dealkylation sites (tertiary alicyclic amines) is 1. The van der Waals surface area contributed by atoms with E-state index in [4.69, 9.17) is 5.11 Å². The molecule has 0 saturated carbocycles. The molecule has 3 heteroatoms. The Hall–Kier alpha value is -0.830. The molecule has 0 aromatic heterocycles. The molecular formula is C10H17NO2. The van der Waals surface area contributed by atoms with Crippen LogP contribution >= 0.6 is 0 Å². The number of piperidine rings is 1. The fourth-order valence-corrected chi connectivity index (χ4v) is 1.64. The Kier molecular flexibility index (Phi) is 3.96. The normalized spacial score (nSPS) is 20.2. The number of carboxylic acid groups (broad SMARTS) is 1. The SMILES string of the molecule is C/C=C(\CN1CCCCC1)C(=O)O. The Morgan fingerprint density at radius 2 is 2.00 bits per heavy atom. The second-order valence-corrected chi connectivity index (χ2v) is 3.46. The lowest BCUT2D eigenvalue weighted by molar-refractivity contribution is -0.133. The maximum absolute atomic E-state index is 10.7. The van der Waals surface area contributed by atoms with Crippen LogP contribution in [0.2, 0.25) is 0 Å². The Bertz CT molecular complexity index is 205. The van der Waals surface area contributed by atoms with Gasteiger partial charge >= 0.3 is 5.97 Å². The van der Waals surface area contributed by atoms with Gasteiger partial charge < -0.3 is 5.11 Å². The van der Waals surface area contributed by atoms with Gasteiger partial charge in [0.2, 0.25) is 0 Å². The zero-order chi connectivity index (χ0) is 9.68. The predicted octanol–water partition coefficient (Wildman–Crippen LogP) is 1.50. The molecule has 1 fully saturated rings. The van der Waals surface area contributed by atoms with Crippen LogP contribution in [0.25, 0.3) is 0 Å². The topological polar surface area (TPSA) is 40.5 Å². The highest BCUT2D eigenvalue weighted by atomic mass is 16.4. The fraction of sp³-hybridized carbons (Fsp3) is 0.700. The van der Waals surface area contributed by atoms with Crippen LogP contribution in [0.3, 0.4) is 0 Å². The summed E-state index contributed by atoms with van der Waals surface area (Å²) in [6.45, 7) is 4.48. The highest BCUT2D eigenvalue weighted by molar-refractivity contribution is 5.86. The summed E-state index contributed by atoms with van der Waals surface area (Å²) in [4.78, 5) is 12.9. The third kappa shape index (κ3) is 3.19. The first-order chi connectivity index (χ1) is 6.24. The average molecular weight is 183 g/mol. The third-order valence-electron chi connectivity index (χ3n) is 2.47. The molecule has 3 nitrogen and oxygen atoms in total. The molecule has 0 radical (unpaired) electrons. The van der Waals surface area contributed by atoms with Crippen molar-refractivity contribution in [3.63, 3.8) is 0 Å². The average Bonchev–Trinajstić information content (AvgIpc) is 2.15. The van der Waals surface area contributed by atoms with Crippen LogP contribution in [0.15, 0.2) is 11.6 Å². The lowest BCUT2D eigenvalue weighted by Gasteiger charge is -2.26. The molecule has 74 valence electrons. The molecule has 0 aromatic carbocycles. The highest BCUT2D eigenvalue weighted by Gasteiger charge is 2.14. The van der Waals surface area contributed by atoms with Crippen LogP contribution in [-0.2, 0) is 4.79 Å². The summed E-state index contributed by atoms with van der Waals surface area (Å²) in [5.74, 6) is -0.784. The van der Waals surface area contributed by atoms with E-state index in [1.807, 2.05) is 0 Å². The summed E-state index contributed by atoms with van der Waals surface area (Å²) < 4.78 is 0. The van der Waals surface area contributed by atoms with Crippen molar-refractivity contribution in [1.82, 2.24) is 4.90 Å². The van der Waals surface area contributed by atoms with Gasteiger partial charge in [-0.05, 0) is 32.9 Å². The van der Waals surface area contributed by atoms with Gasteiger partial charge in [-0.15, -0.1) is 0 Å². The number of hydrogen-bond acceptors (Lipinski definition) is 2. The van der Waals surface area contributed by atoms with Crippen LogP contribution < -0.4 is 0 Å². The van der Waals surface area contributed by atoms with E-state index >= 15 is 0 Å². The zero-order valence-electron chi connectivity index (χ0n) is 8.12. The molecule has 1 saturated heterocycles. The van der Waals surface area contributed by atoms with E-state index in [9.17, 15) is 4.79 Å². The molecule has 0 amide bonds. The minimum absolute atomic E-state index is 0.516. The van der Waals surface area contributed by atoms with Gasteiger partial charge in [0, 0.05) is 12.1 Å². The predicted molar refractivity (Wildman–Crippen MR) is 51.7 cm³/mol. The fourth-order valence-electron chi connectivity index (χ4n) is 1.64. The van der Waals surface area contributed by atoms with Crippen LogP contribution in [-0.4, -0.2) is 35.6 Å². The smallest absolute Gasteiger partial charge is 0.332 e. The van der Waals surface area contributed by atoms with Gasteiger partial charge in [0.25, 0.3) is 0 Å². The van der Waals surface area contributed by atoms with Crippen LogP contribution in [0, 0.1) is 0 Å². The van der Waals surface area contributed by atoms with Gasteiger partial charge in [0.1, 0.15) is 0 Å². The molecule has 0 bridgehead atoms. The van der Waals surface area contributed by atoms with E-state index < -0.39 is 5.97 Å². The van der Waals surface area contributed by atoms with Gasteiger partial charge in [-0.1, -0.05) is 12.5 Å². The van der Waals surface area contributed by atoms with Gasteiger partial charge in [0.05, 0.1) is 0 Å². The number of rotatable bonds is 3. The lowest BCUT2D eigenvalue weighted by Crippen LogP contribution is -2.32. The van der Waals surface area contributed by atoms with Crippen LogP contribution in [0.4, 0.5) is 0 Å². The van der Waals surface area contributed by atoms with Gasteiger partial charge in [-0.3, -0.25) is 4.90 Å². The van der Waals surface area contributed by atoms with Gasteiger partial charge in [0.15, 0.2) is 0 Å². The van der Waals surface area contributed by atoms with E-state index in [1.54, 1.807) is 13.0 Å². The van der Waals surface area contributed by atoms with E-state index in [0.29, 0.717) is 12.1 Å². The van der Waals surface area contributed by atoms with Gasteiger partial charge in [-0.25, -0.2) is 4.79 Å². The summed E-state index contributed by atoms with van der Waals surface area (Å²) >= 11 is 0. The Balaban J connectivity index is 2.41. The molecule has 0 aliphatic carbocycles. The first-order valence-corrected chi connectivity index (χ1v) is 4.85. The molecule has 13 heavy (non-hydrogen) atoms. The maximum atomic E-state index is 10.7. The maximum Gasteiger partial charge on any atom is 0.332 e. The number of nitrogens with zero attached hydrogens (tertiary/aromatic N) is 1. The minimum atomic E-state index is -0.784. The number of aliphatic carboxylic acids is 1. The van der Waals surface area contributed by atoms with E-state index in [1.165, 1.54) is 19.3 Å². The molecule has 1 heterocycles. The molecule has 1 rings (SSSR count). The van der Waals surface area contributed by atoms with Gasteiger partial charge in [-0.2, -0.15) is 0 Å². The summed E-state index contributed by atoms with van der Waals surface area (Å²) in [6.07, 6.45) is 5.39. The minimum Gasteiger partial charge on any atom is -0.478 e. The largest absolute Gasteiger partial charge is 0.478 e. The molecule has 1 aliphatic heterocycles. The van der Waals surface area contributed by atoms with E-state index in [0.717, 1.165) is 13.1 Å². The number of allylic oxidation sites excluding steroid dienone is 1. The van der Waals surface area contributed by atoms with Crippen LogP contribution in [0.1, 0.15) is 26.2 Å². The third-order valence-corrected chi connectivity index (χ3v) is 2.47. The second-order valence-electron chi connectivity index (χ2n) is 3.46. The summed E-state index contributed by atoms with van der Waals surface area (Å²) in [7, 11) is 0. The summed E-state index contributed by atoms with van der Waals surface area (Å²) in [6, 6.07) is 0. The summed E-state index contributed by atoms with van der Waals surface area (Å²) in [5.41, 5.74) is 0.516. The van der Waals surface area contributed by atoms with Crippen LogP contribution in [0.5, 0.6) is 0 Å². The van der Waals surface area contributed by atoms with Crippen molar-refractivity contribution in [2.75, 3.05) is 19.6 Å². The molecule has 0 unspecified atom stereocenters. The van der Waals surface area contributed by atoms with Crippen molar-refractivity contribution < 1.29 is 9.90 Å². The van der Waals surface area contributed by atoms with E-state index in [-0.39, 0.29) is 0 Å². The molecule has 0 spiro atoms. The van der Waals surface area contributed by atoms with Crippen molar-refractivity contribution in [2.24, 2.45) is 0 Å². The first-order valence-electron chi connectivity index (χ1n) is 4.85. The Morgan fingerprint density at radius 3 is 2.46 bits per heavy atom. The quantitative estimate of drug-likeness (QED) is 0.674. The standard InChI is InChI=1S/C10H17NO2/c1-2-9(10(12)13)8-11-6-4-3-5-7-11/h2H,3-8H2,1H3,(H,12,13)/b9-2+. The molecule has 0 aromatic rings. The molecular weight excluding hydrogens is 166 g/mol. The number of carbonyl (C=O) groups is 1. The lowest BCUT2D eigenvalue weighted by atomic mass is 10.1. The monoisotopic (exact) mass is 183 g/mol. The summed E-state index contributed by atoms with van der Waals surface area (Å²) in [5, 5.41) is 8.81. The van der Waals surface area contributed by atoms with Crippen molar-refractivity contribution in [3.05, 3.63) is 11.6 Å². The zero-order valence-corrected chi connectivity index (χ0v) is 8.12. The Morgan fingerprint density at radius 1 is 1.38 bits per heavy atom. The van der Waals surface area contributed by atoms with Crippen molar-refractivity contribution >= 4 is 5.97 Å². The van der Waals surface area contributed by atoms with Crippen molar-refractivity contribution in [1.29, 1.82) is 0 Å². The Labute approximate surface area is 79.0 Å². The number of hydrogen-bond donors (Lipinski definition) is 1. The second kappa shape index (κ2) is 5.02. The van der Waals surface area contributed by atoms with Crippen molar-refractivity contribution in [2.45, 2.75) is 26.2 Å². The molecule has 1 N–H and O–H groups in total. The van der Waals surface area contributed by atoms with Crippen molar-refractivity contribution in [3.8, 4) is 0 Å². The molecule has 0 atom stereocenters. The highest BCUT2D eigenvalue weighted by Crippen LogP contribution is 2.10. The first kappa shape index (κ1) is 10.3. The van der Waals surface area contributed by atoms with E-state index in [2.05, 4.69) is 4.90 Å².